The van der Waals surface area contributed by atoms with Gasteiger partial charge in [-0.15, -0.1) is 0 Å². The summed E-state index contributed by atoms with van der Waals surface area (Å²) < 4.78 is 5.18. The number of carbonyl (C=O) groups excluding carboxylic acids is 1. The van der Waals surface area contributed by atoms with Gasteiger partial charge in [0.15, 0.2) is 0 Å². The summed E-state index contributed by atoms with van der Waals surface area (Å²) in [7, 11) is 0. The highest BCUT2D eigenvalue weighted by atomic mass is 16.5. The van der Waals surface area contributed by atoms with Crippen LogP contribution in [-0.2, 0) is 4.74 Å². The molecule has 1 aromatic rings. The molecule has 0 aliphatic carbocycles. The molecule has 80 valence electrons. The number of ether oxygens (including phenoxy) is 1. The van der Waals surface area contributed by atoms with E-state index in [1.165, 1.54) is 0 Å². The van der Waals surface area contributed by atoms with Crippen LogP contribution in [0.4, 0.5) is 0 Å². The summed E-state index contributed by atoms with van der Waals surface area (Å²) in [5.41, 5.74) is 0.462. The Balaban J connectivity index is 2.12. The van der Waals surface area contributed by atoms with Crippen LogP contribution < -0.4 is 0 Å². The van der Waals surface area contributed by atoms with Crippen molar-refractivity contribution in [1.29, 1.82) is 0 Å². The first-order chi connectivity index (χ1) is 7.27. The number of carbonyl (C=O) groups is 1. The summed E-state index contributed by atoms with van der Waals surface area (Å²) >= 11 is 0. The molecule has 0 unspecified atom stereocenters. The minimum atomic E-state index is -0.0381. The third kappa shape index (κ3) is 2.30. The molecule has 0 aromatic carbocycles. The summed E-state index contributed by atoms with van der Waals surface area (Å²) in [4.78, 5) is 21.8. The van der Waals surface area contributed by atoms with Gasteiger partial charge in [-0.05, 0) is 13.0 Å². The van der Waals surface area contributed by atoms with E-state index < -0.39 is 0 Å². The highest BCUT2D eigenvalue weighted by Gasteiger charge is 2.19. The predicted octanol–water partition coefficient (Wildman–Crippen LogP) is 0.257. The lowest BCUT2D eigenvalue weighted by molar-refractivity contribution is 0.0298. The molecule has 0 spiro atoms. The Kier molecular flexibility index (Phi) is 2.91. The lowest BCUT2D eigenvalue weighted by Gasteiger charge is -2.26. The van der Waals surface area contributed by atoms with Crippen molar-refractivity contribution in [3.63, 3.8) is 0 Å². The number of hydrogen-bond acceptors (Lipinski definition) is 4. The van der Waals surface area contributed by atoms with E-state index in [2.05, 4.69) is 9.97 Å². The van der Waals surface area contributed by atoms with Crippen LogP contribution in [0, 0.1) is 6.92 Å². The van der Waals surface area contributed by atoms with Crippen molar-refractivity contribution >= 4 is 5.91 Å². The molecule has 1 aromatic heterocycles. The van der Waals surface area contributed by atoms with Gasteiger partial charge in [0.05, 0.1) is 13.2 Å². The highest BCUT2D eigenvalue weighted by molar-refractivity contribution is 5.92. The van der Waals surface area contributed by atoms with Crippen LogP contribution in [0.25, 0.3) is 0 Å². The summed E-state index contributed by atoms with van der Waals surface area (Å²) in [5.74, 6) is 0.581. The molecule has 5 heteroatoms. The average Bonchev–Trinajstić information content (AvgIpc) is 2.29. The van der Waals surface area contributed by atoms with E-state index >= 15 is 0 Å². The van der Waals surface area contributed by atoms with Crippen LogP contribution in [0.5, 0.6) is 0 Å². The molecule has 2 heterocycles. The van der Waals surface area contributed by atoms with Crippen molar-refractivity contribution in [2.45, 2.75) is 6.92 Å². The molecule has 15 heavy (non-hydrogen) atoms. The molecule has 1 aliphatic heterocycles. The van der Waals surface area contributed by atoms with Crippen LogP contribution in [0.2, 0.25) is 0 Å². The van der Waals surface area contributed by atoms with Gasteiger partial charge in [0.2, 0.25) is 0 Å². The molecule has 1 saturated heterocycles. The SMILES string of the molecule is Cc1nccc(C(=O)N2CCOCC2)n1. The molecular weight excluding hydrogens is 194 g/mol. The molecule has 0 radical (unpaired) electrons. The predicted molar refractivity (Wildman–Crippen MR) is 53.5 cm³/mol. The Labute approximate surface area is 88.1 Å². The van der Waals surface area contributed by atoms with Crippen molar-refractivity contribution in [2.24, 2.45) is 0 Å². The minimum absolute atomic E-state index is 0.0381. The monoisotopic (exact) mass is 207 g/mol. The maximum Gasteiger partial charge on any atom is 0.272 e. The van der Waals surface area contributed by atoms with Gasteiger partial charge in [0, 0.05) is 19.3 Å². The van der Waals surface area contributed by atoms with Crippen LogP contribution >= 0.6 is 0 Å². The summed E-state index contributed by atoms with van der Waals surface area (Å²) in [6.07, 6.45) is 1.61. The Morgan fingerprint density at radius 1 is 1.47 bits per heavy atom. The number of aromatic nitrogens is 2. The number of nitrogens with zero attached hydrogens (tertiary/aromatic N) is 3. The fourth-order valence-corrected chi connectivity index (χ4v) is 1.50. The van der Waals surface area contributed by atoms with Crippen molar-refractivity contribution in [1.82, 2.24) is 14.9 Å². The van der Waals surface area contributed by atoms with Crippen LogP contribution in [0.3, 0.4) is 0 Å². The van der Waals surface area contributed by atoms with E-state index in [1.807, 2.05) is 0 Å². The molecular formula is C10H13N3O2. The van der Waals surface area contributed by atoms with E-state index in [0.29, 0.717) is 37.8 Å². The maximum atomic E-state index is 11.9. The minimum Gasteiger partial charge on any atom is -0.378 e. The zero-order valence-corrected chi connectivity index (χ0v) is 8.64. The third-order valence-electron chi connectivity index (χ3n) is 2.29. The van der Waals surface area contributed by atoms with Crippen molar-refractivity contribution in [2.75, 3.05) is 26.3 Å². The maximum absolute atomic E-state index is 11.9. The number of rotatable bonds is 1. The van der Waals surface area contributed by atoms with E-state index in [9.17, 15) is 4.79 Å². The normalized spacial score (nSPS) is 16.5. The van der Waals surface area contributed by atoms with Crippen LogP contribution in [0.15, 0.2) is 12.3 Å². The van der Waals surface area contributed by atoms with E-state index in [4.69, 9.17) is 4.74 Å². The van der Waals surface area contributed by atoms with Gasteiger partial charge in [0.1, 0.15) is 11.5 Å². The lowest BCUT2D eigenvalue weighted by atomic mass is 10.3. The summed E-state index contributed by atoms with van der Waals surface area (Å²) in [6, 6.07) is 1.64. The average molecular weight is 207 g/mol. The zero-order valence-electron chi connectivity index (χ0n) is 8.64. The largest absolute Gasteiger partial charge is 0.378 e. The molecule has 1 fully saturated rings. The quantitative estimate of drug-likeness (QED) is 0.662. The van der Waals surface area contributed by atoms with Gasteiger partial charge in [-0.25, -0.2) is 9.97 Å². The van der Waals surface area contributed by atoms with Gasteiger partial charge >= 0.3 is 0 Å². The van der Waals surface area contributed by atoms with Gasteiger partial charge < -0.3 is 9.64 Å². The van der Waals surface area contributed by atoms with Gasteiger partial charge in [-0.1, -0.05) is 0 Å². The van der Waals surface area contributed by atoms with Crippen molar-refractivity contribution in [3.8, 4) is 0 Å². The number of morpholine rings is 1. The topological polar surface area (TPSA) is 55.3 Å². The number of amides is 1. The third-order valence-corrected chi connectivity index (χ3v) is 2.29. The van der Waals surface area contributed by atoms with E-state index in [-0.39, 0.29) is 5.91 Å². The fraction of sp³-hybridized carbons (Fsp3) is 0.500. The zero-order chi connectivity index (χ0) is 10.7. The summed E-state index contributed by atoms with van der Waals surface area (Å²) in [6.45, 7) is 4.27. The molecule has 2 rings (SSSR count). The molecule has 0 N–H and O–H groups in total. The molecule has 0 saturated carbocycles. The Morgan fingerprint density at radius 2 is 2.20 bits per heavy atom. The fourth-order valence-electron chi connectivity index (χ4n) is 1.50. The first-order valence-corrected chi connectivity index (χ1v) is 4.94. The van der Waals surface area contributed by atoms with Crippen LogP contribution in [0.1, 0.15) is 16.3 Å². The molecule has 1 amide bonds. The van der Waals surface area contributed by atoms with Gasteiger partial charge in [-0.3, -0.25) is 4.79 Å². The molecule has 0 atom stereocenters. The molecule has 0 bridgehead atoms. The van der Waals surface area contributed by atoms with E-state index in [1.54, 1.807) is 24.1 Å². The van der Waals surface area contributed by atoms with Gasteiger partial charge in [-0.2, -0.15) is 0 Å². The Morgan fingerprint density at radius 3 is 2.87 bits per heavy atom. The summed E-state index contributed by atoms with van der Waals surface area (Å²) in [5, 5.41) is 0. The molecule has 5 nitrogen and oxygen atoms in total. The lowest BCUT2D eigenvalue weighted by Crippen LogP contribution is -2.41. The Bertz CT molecular complexity index is 361. The Hall–Kier alpha value is -1.49. The van der Waals surface area contributed by atoms with Crippen molar-refractivity contribution < 1.29 is 9.53 Å². The molecule has 1 aliphatic rings. The first kappa shape index (κ1) is 10.0. The second-order valence-corrected chi connectivity index (χ2v) is 3.39. The first-order valence-electron chi connectivity index (χ1n) is 4.94. The van der Waals surface area contributed by atoms with Gasteiger partial charge in [0.25, 0.3) is 5.91 Å². The number of aryl methyl sites for hydroxylation is 1. The van der Waals surface area contributed by atoms with Crippen molar-refractivity contribution in [3.05, 3.63) is 23.8 Å². The van der Waals surface area contributed by atoms with E-state index in [0.717, 1.165) is 0 Å². The highest BCUT2D eigenvalue weighted by Crippen LogP contribution is 2.04. The smallest absolute Gasteiger partial charge is 0.272 e. The standard InChI is InChI=1S/C10H13N3O2/c1-8-11-3-2-9(12-8)10(14)13-4-6-15-7-5-13/h2-3H,4-7H2,1H3. The number of hydrogen-bond donors (Lipinski definition) is 0. The second kappa shape index (κ2) is 4.35. The second-order valence-electron chi connectivity index (χ2n) is 3.39. The van der Waals surface area contributed by atoms with Crippen LogP contribution in [-0.4, -0.2) is 47.1 Å².